The third-order valence-electron chi connectivity index (χ3n) is 2.57. The number of carbonyl (C=O) groups is 1. The highest BCUT2D eigenvalue weighted by Gasteiger charge is 2.20. The van der Waals surface area contributed by atoms with Crippen LogP contribution in [0.4, 0.5) is 0 Å². The molecule has 1 rings (SSSR count). The van der Waals surface area contributed by atoms with Gasteiger partial charge in [-0.15, -0.1) is 0 Å². The lowest BCUT2D eigenvalue weighted by atomic mass is 10.1. The Morgan fingerprint density at radius 1 is 1.62 bits per heavy atom. The number of hydrogen-bond donors (Lipinski definition) is 2. The molecule has 0 fully saturated rings. The molecule has 2 atom stereocenters. The molecule has 0 spiro atoms. The van der Waals surface area contributed by atoms with E-state index in [2.05, 4.69) is 12.2 Å². The van der Waals surface area contributed by atoms with Crippen molar-refractivity contribution in [2.75, 3.05) is 0 Å². The van der Waals surface area contributed by atoms with E-state index in [0.717, 1.165) is 18.6 Å². The molecule has 0 radical (unpaired) electrons. The van der Waals surface area contributed by atoms with Crippen LogP contribution in [0.3, 0.4) is 0 Å². The fourth-order valence-corrected chi connectivity index (χ4v) is 1.61. The number of aliphatic carboxylic acids is 1. The van der Waals surface area contributed by atoms with Crippen LogP contribution in [-0.2, 0) is 4.79 Å². The monoisotopic (exact) mass is 225 g/mol. The van der Waals surface area contributed by atoms with E-state index in [1.165, 1.54) is 0 Å². The van der Waals surface area contributed by atoms with E-state index >= 15 is 0 Å². The molecule has 0 bridgehead atoms. The summed E-state index contributed by atoms with van der Waals surface area (Å²) in [6.07, 6.45) is 4.15. The van der Waals surface area contributed by atoms with Crippen molar-refractivity contribution in [3.8, 4) is 0 Å². The first-order valence-corrected chi connectivity index (χ1v) is 5.67. The quantitative estimate of drug-likeness (QED) is 0.748. The topological polar surface area (TPSA) is 62.5 Å². The van der Waals surface area contributed by atoms with E-state index in [-0.39, 0.29) is 6.04 Å². The predicted molar refractivity (Wildman–Crippen MR) is 61.2 cm³/mol. The lowest BCUT2D eigenvalue weighted by Gasteiger charge is -2.18. The smallest absolute Gasteiger partial charge is 0.320 e. The van der Waals surface area contributed by atoms with E-state index in [4.69, 9.17) is 9.52 Å². The standard InChI is InChI=1S/C12H19NO3/c1-3-4-6-10(12(14)15)13-9(2)11-7-5-8-16-11/h5,7-10,13H,3-4,6H2,1-2H3,(H,14,15). The SMILES string of the molecule is CCCCC(NC(C)c1ccco1)C(=O)O. The van der Waals surface area contributed by atoms with E-state index in [9.17, 15) is 4.79 Å². The maximum atomic E-state index is 11.0. The van der Waals surface area contributed by atoms with Crippen LogP contribution >= 0.6 is 0 Å². The van der Waals surface area contributed by atoms with Gasteiger partial charge in [-0.3, -0.25) is 10.1 Å². The first-order chi connectivity index (χ1) is 7.65. The van der Waals surface area contributed by atoms with Gasteiger partial charge >= 0.3 is 5.97 Å². The van der Waals surface area contributed by atoms with Crippen LogP contribution in [-0.4, -0.2) is 17.1 Å². The number of carboxylic acids is 1. The first-order valence-electron chi connectivity index (χ1n) is 5.67. The molecule has 0 aliphatic heterocycles. The van der Waals surface area contributed by atoms with Gasteiger partial charge in [-0.1, -0.05) is 19.8 Å². The van der Waals surface area contributed by atoms with Gasteiger partial charge in [0.25, 0.3) is 0 Å². The van der Waals surface area contributed by atoms with Crippen molar-refractivity contribution in [1.29, 1.82) is 0 Å². The van der Waals surface area contributed by atoms with Crippen molar-refractivity contribution < 1.29 is 14.3 Å². The third kappa shape index (κ3) is 3.70. The van der Waals surface area contributed by atoms with E-state index in [1.807, 2.05) is 13.0 Å². The summed E-state index contributed by atoms with van der Waals surface area (Å²) in [5, 5.41) is 12.1. The zero-order chi connectivity index (χ0) is 12.0. The summed E-state index contributed by atoms with van der Waals surface area (Å²) >= 11 is 0. The van der Waals surface area contributed by atoms with Crippen molar-refractivity contribution >= 4 is 5.97 Å². The molecular weight excluding hydrogens is 206 g/mol. The van der Waals surface area contributed by atoms with Gasteiger partial charge in [-0.05, 0) is 25.5 Å². The molecule has 0 amide bonds. The largest absolute Gasteiger partial charge is 0.480 e. The van der Waals surface area contributed by atoms with Crippen LogP contribution in [0.15, 0.2) is 22.8 Å². The summed E-state index contributed by atoms with van der Waals surface area (Å²) in [5.74, 6) is -0.0328. The highest BCUT2D eigenvalue weighted by atomic mass is 16.4. The minimum atomic E-state index is -0.799. The molecule has 2 N–H and O–H groups in total. The molecule has 1 aromatic rings. The molecule has 1 aromatic heterocycles. The summed E-state index contributed by atoms with van der Waals surface area (Å²) in [6, 6.07) is 3.07. The highest BCUT2D eigenvalue weighted by molar-refractivity contribution is 5.73. The van der Waals surface area contributed by atoms with E-state index < -0.39 is 12.0 Å². The number of carboxylic acid groups (broad SMARTS) is 1. The van der Waals surface area contributed by atoms with Crippen LogP contribution in [0.1, 0.15) is 44.9 Å². The number of nitrogens with one attached hydrogen (secondary N) is 1. The number of rotatable bonds is 7. The number of unbranched alkanes of at least 4 members (excludes halogenated alkanes) is 1. The van der Waals surface area contributed by atoms with Crippen molar-refractivity contribution in [1.82, 2.24) is 5.32 Å². The molecular formula is C12H19NO3. The second kappa shape index (κ2) is 6.33. The second-order valence-corrected chi connectivity index (χ2v) is 3.94. The molecule has 90 valence electrons. The molecule has 0 aromatic carbocycles. The minimum Gasteiger partial charge on any atom is -0.480 e. The maximum absolute atomic E-state index is 11.0. The molecule has 4 heteroatoms. The fourth-order valence-electron chi connectivity index (χ4n) is 1.61. The average molecular weight is 225 g/mol. The van der Waals surface area contributed by atoms with Gasteiger partial charge in [0.15, 0.2) is 0 Å². The maximum Gasteiger partial charge on any atom is 0.320 e. The zero-order valence-electron chi connectivity index (χ0n) is 9.77. The van der Waals surface area contributed by atoms with Gasteiger partial charge in [0, 0.05) is 0 Å². The lowest BCUT2D eigenvalue weighted by molar-refractivity contribution is -0.139. The van der Waals surface area contributed by atoms with Crippen molar-refractivity contribution in [2.45, 2.75) is 45.2 Å². The summed E-state index contributed by atoms with van der Waals surface area (Å²) in [4.78, 5) is 11.0. The Hall–Kier alpha value is -1.29. The van der Waals surface area contributed by atoms with Crippen LogP contribution in [0.25, 0.3) is 0 Å². The van der Waals surface area contributed by atoms with Gasteiger partial charge in [-0.25, -0.2) is 0 Å². The van der Waals surface area contributed by atoms with Gasteiger partial charge in [0.05, 0.1) is 12.3 Å². The average Bonchev–Trinajstić information content (AvgIpc) is 2.76. The Bertz CT molecular complexity index is 308. The number of furan rings is 1. The Morgan fingerprint density at radius 2 is 2.38 bits per heavy atom. The van der Waals surface area contributed by atoms with E-state index in [1.54, 1.807) is 12.3 Å². The molecule has 0 aliphatic carbocycles. The van der Waals surface area contributed by atoms with Crippen LogP contribution < -0.4 is 5.32 Å². The molecule has 1 heterocycles. The Morgan fingerprint density at radius 3 is 2.88 bits per heavy atom. The Balaban J connectivity index is 2.51. The van der Waals surface area contributed by atoms with Gasteiger partial charge < -0.3 is 9.52 Å². The van der Waals surface area contributed by atoms with E-state index in [0.29, 0.717) is 6.42 Å². The van der Waals surface area contributed by atoms with Gasteiger partial charge in [0.2, 0.25) is 0 Å². The van der Waals surface area contributed by atoms with Gasteiger partial charge in [0.1, 0.15) is 11.8 Å². The molecule has 2 unspecified atom stereocenters. The third-order valence-corrected chi connectivity index (χ3v) is 2.57. The van der Waals surface area contributed by atoms with Crippen LogP contribution in [0.2, 0.25) is 0 Å². The summed E-state index contributed by atoms with van der Waals surface area (Å²) < 4.78 is 5.22. The summed E-state index contributed by atoms with van der Waals surface area (Å²) in [6.45, 7) is 3.95. The molecule has 16 heavy (non-hydrogen) atoms. The first kappa shape index (κ1) is 12.8. The number of hydrogen-bond acceptors (Lipinski definition) is 3. The van der Waals surface area contributed by atoms with Crippen LogP contribution in [0, 0.1) is 0 Å². The minimum absolute atomic E-state index is 0.0760. The fraction of sp³-hybridized carbons (Fsp3) is 0.583. The lowest BCUT2D eigenvalue weighted by Crippen LogP contribution is -2.38. The van der Waals surface area contributed by atoms with Crippen molar-refractivity contribution in [3.05, 3.63) is 24.2 Å². The predicted octanol–water partition coefficient (Wildman–Crippen LogP) is 2.57. The molecule has 0 saturated carbocycles. The second-order valence-electron chi connectivity index (χ2n) is 3.94. The summed E-state index contributed by atoms with van der Waals surface area (Å²) in [5.41, 5.74) is 0. The zero-order valence-corrected chi connectivity index (χ0v) is 9.77. The normalized spacial score (nSPS) is 14.6. The highest BCUT2D eigenvalue weighted by Crippen LogP contribution is 2.14. The Kier molecular flexibility index (Phi) is 5.05. The van der Waals surface area contributed by atoms with Crippen molar-refractivity contribution in [3.63, 3.8) is 0 Å². The Labute approximate surface area is 95.7 Å². The van der Waals surface area contributed by atoms with Crippen molar-refractivity contribution in [2.24, 2.45) is 0 Å². The van der Waals surface area contributed by atoms with Crippen LogP contribution in [0.5, 0.6) is 0 Å². The molecule has 4 nitrogen and oxygen atoms in total. The van der Waals surface area contributed by atoms with Gasteiger partial charge in [-0.2, -0.15) is 0 Å². The summed E-state index contributed by atoms with van der Waals surface area (Å²) in [7, 11) is 0. The molecule has 0 saturated heterocycles. The molecule has 0 aliphatic rings.